The minimum Gasteiger partial charge on any atom is -0.389 e. The highest BCUT2D eigenvalue weighted by atomic mass is 19.4. The van der Waals surface area contributed by atoms with Gasteiger partial charge in [-0.25, -0.2) is 0 Å². The van der Waals surface area contributed by atoms with Crippen LogP contribution in [-0.2, 0) is 0 Å². The van der Waals surface area contributed by atoms with Gasteiger partial charge in [0.25, 0.3) is 5.41 Å². The van der Waals surface area contributed by atoms with Gasteiger partial charge >= 0.3 is 18.5 Å². The molecule has 104 valence electrons. The molecule has 1 N–H and O–H groups in total. The SMILES string of the molecule is CC(C)(O)C(C(F)(F)F)(C(F)(F)F)C(F)(F)F. The molecule has 17 heavy (non-hydrogen) atoms. The first kappa shape index (κ1) is 16.3. The van der Waals surface area contributed by atoms with E-state index in [2.05, 4.69) is 0 Å². The van der Waals surface area contributed by atoms with E-state index in [1.165, 1.54) is 0 Å². The quantitative estimate of drug-likeness (QED) is 0.728. The normalized spacial score (nSPS) is 16.2. The van der Waals surface area contributed by atoms with Crippen molar-refractivity contribution in [2.45, 2.75) is 38.0 Å². The fourth-order valence-electron chi connectivity index (χ4n) is 1.52. The number of hydrogen-bond donors (Lipinski definition) is 1. The van der Waals surface area contributed by atoms with Gasteiger partial charge in [0.1, 0.15) is 0 Å². The Labute approximate surface area is 89.2 Å². The lowest BCUT2D eigenvalue weighted by Crippen LogP contribution is -2.69. The standard InChI is InChI=1S/C7H7F9O/c1-3(2,17)4(5(8,9)10,6(11,12)13)7(14,15)16/h17H,1-2H3. The molecule has 0 aromatic carbocycles. The third-order valence-electron chi connectivity index (χ3n) is 2.19. The van der Waals surface area contributed by atoms with E-state index in [-0.39, 0.29) is 13.8 Å². The summed E-state index contributed by atoms with van der Waals surface area (Å²) in [7, 11) is 0. The van der Waals surface area contributed by atoms with Crippen molar-refractivity contribution >= 4 is 0 Å². The predicted octanol–water partition coefficient (Wildman–Crippen LogP) is 3.43. The van der Waals surface area contributed by atoms with E-state index in [4.69, 9.17) is 5.11 Å². The summed E-state index contributed by atoms with van der Waals surface area (Å²) >= 11 is 0. The van der Waals surface area contributed by atoms with Crippen molar-refractivity contribution in [3.05, 3.63) is 0 Å². The molecule has 0 fully saturated rings. The van der Waals surface area contributed by atoms with E-state index >= 15 is 0 Å². The summed E-state index contributed by atoms with van der Waals surface area (Å²) in [5, 5.41) is 8.77. The maximum atomic E-state index is 12.3. The molecule has 0 unspecified atom stereocenters. The smallest absolute Gasteiger partial charge is 0.389 e. The van der Waals surface area contributed by atoms with Gasteiger partial charge in [0, 0.05) is 0 Å². The molecule has 0 radical (unpaired) electrons. The first-order chi connectivity index (χ1) is 7.00. The summed E-state index contributed by atoms with van der Waals surface area (Å²) in [5.74, 6) is 0. The van der Waals surface area contributed by atoms with Crippen LogP contribution in [0, 0.1) is 5.41 Å². The molecule has 0 saturated heterocycles. The Morgan fingerprint density at radius 3 is 0.765 bits per heavy atom. The fourth-order valence-corrected chi connectivity index (χ4v) is 1.52. The number of halogens is 9. The molecule has 0 aliphatic rings. The highest BCUT2D eigenvalue weighted by Crippen LogP contribution is 2.64. The van der Waals surface area contributed by atoms with Crippen LogP contribution < -0.4 is 0 Å². The summed E-state index contributed by atoms with van der Waals surface area (Å²) < 4.78 is 110. The molecule has 0 saturated carbocycles. The predicted molar refractivity (Wildman–Crippen MR) is 36.9 cm³/mol. The Morgan fingerprint density at radius 2 is 0.765 bits per heavy atom. The van der Waals surface area contributed by atoms with Crippen molar-refractivity contribution in [3.63, 3.8) is 0 Å². The Hall–Kier alpha value is -0.670. The zero-order valence-electron chi connectivity index (χ0n) is 8.35. The summed E-state index contributed by atoms with van der Waals surface area (Å²) in [6.45, 7) is -0.386. The minimum absolute atomic E-state index is 0.193. The molecule has 0 spiro atoms. The van der Waals surface area contributed by atoms with Crippen LogP contribution >= 0.6 is 0 Å². The van der Waals surface area contributed by atoms with E-state index in [0.717, 1.165) is 0 Å². The van der Waals surface area contributed by atoms with Gasteiger partial charge in [0.05, 0.1) is 5.60 Å². The van der Waals surface area contributed by atoms with Crippen LogP contribution in [0.3, 0.4) is 0 Å². The van der Waals surface area contributed by atoms with Gasteiger partial charge in [-0.1, -0.05) is 0 Å². The van der Waals surface area contributed by atoms with Gasteiger partial charge in [0.2, 0.25) is 0 Å². The monoisotopic (exact) mass is 278 g/mol. The second-order valence-corrected chi connectivity index (χ2v) is 3.80. The molecule has 0 aliphatic heterocycles. The average Bonchev–Trinajstić information content (AvgIpc) is 1.67. The van der Waals surface area contributed by atoms with Crippen molar-refractivity contribution in [1.82, 2.24) is 0 Å². The lowest BCUT2D eigenvalue weighted by atomic mass is 9.71. The molecule has 0 aromatic heterocycles. The van der Waals surface area contributed by atoms with E-state index in [1.807, 2.05) is 0 Å². The first-order valence-electron chi connectivity index (χ1n) is 3.92. The van der Waals surface area contributed by atoms with E-state index < -0.39 is 29.5 Å². The van der Waals surface area contributed by atoms with Gasteiger partial charge in [-0.2, -0.15) is 39.5 Å². The van der Waals surface area contributed by atoms with Crippen LogP contribution in [0.1, 0.15) is 13.8 Å². The molecule has 0 amide bonds. The van der Waals surface area contributed by atoms with Crippen molar-refractivity contribution in [3.8, 4) is 0 Å². The highest BCUT2D eigenvalue weighted by Gasteiger charge is 2.88. The second-order valence-electron chi connectivity index (χ2n) is 3.80. The molecule has 0 heterocycles. The van der Waals surface area contributed by atoms with Gasteiger partial charge in [-0.3, -0.25) is 0 Å². The van der Waals surface area contributed by atoms with Crippen LogP contribution in [0.4, 0.5) is 39.5 Å². The Balaban J connectivity index is 6.37. The van der Waals surface area contributed by atoms with Crippen molar-refractivity contribution in [1.29, 1.82) is 0 Å². The van der Waals surface area contributed by atoms with Crippen LogP contribution in [0.5, 0.6) is 0 Å². The third kappa shape index (κ3) is 2.18. The number of hydrogen-bond acceptors (Lipinski definition) is 1. The fraction of sp³-hybridized carbons (Fsp3) is 1.00. The van der Waals surface area contributed by atoms with E-state index in [0.29, 0.717) is 0 Å². The van der Waals surface area contributed by atoms with Crippen molar-refractivity contribution in [2.75, 3.05) is 0 Å². The third-order valence-corrected chi connectivity index (χ3v) is 2.19. The van der Waals surface area contributed by atoms with Gasteiger partial charge < -0.3 is 5.11 Å². The van der Waals surface area contributed by atoms with E-state index in [9.17, 15) is 39.5 Å². The highest BCUT2D eigenvalue weighted by molar-refractivity contribution is 5.08. The molecule has 0 bridgehead atoms. The van der Waals surface area contributed by atoms with Crippen LogP contribution in [0.2, 0.25) is 0 Å². The maximum absolute atomic E-state index is 12.3. The number of aliphatic hydroxyl groups is 1. The molecule has 10 heteroatoms. The van der Waals surface area contributed by atoms with Gasteiger partial charge in [0.15, 0.2) is 0 Å². The Kier molecular flexibility index (Phi) is 3.52. The summed E-state index contributed by atoms with van der Waals surface area (Å²) in [6.07, 6.45) is -20.2. The lowest BCUT2D eigenvalue weighted by molar-refractivity contribution is -0.462. The van der Waals surface area contributed by atoms with Gasteiger partial charge in [-0.15, -0.1) is 0 Å². The van der Waals surface area contributed by atoms with Crippen molar-refractivity contribution in [2.24, 2.45) is 5.41 Å². The topological polar surface area (TPSA) is 20.2 Å². The van der Waals surface area contributed by atoms with Crippen LogP contribution in [0.15, 0.2) is 0 Å². The summed E-state index contributed by atoms with van der Waals surface area (Å²) in [4.78, 5) is 0. The molecule has 0 aromatic rings. The zero-order valence-corrected chi connectivity index (χ0v) is 8.35. The molecule has 1 nitrogen and oxygen atoms in total. The molecular weight excluding hydrogens is 271 g/mol. The molecule has 0 rings (SSSR count). The minimum atomic E-state index is -6.73. The van der Waals surface area contributed by atoms with E-state index in [1.54, 1.807) is 0 Å². The Morgan fingerprint density at radius 1 is 0.588 bits per heavy atom. The molecular formula is C7H7F9O. The number of alkyl halides is 9. The Bertz CT molecular complexity index is 214. The second kappa shape index (κ2) is 3.66. The number of rotatable bonds is 1. The molecule has 0 atom stereocenters. The largest absolute Gasteiger partial charge is 0.414 e. The average molecular weight is 278 g/mol. The van der Waals surface area contributed by atoms with Gasteiger partial charge in [-0.05, 0) is 13.8 Å². The molecule has 0 aliphatic carbocycles. The maximum Gasteiger partial charge on any atom is 0.414 e. The van der Waals surface area contributed by atoms with Crippen LogP contribution in [0.25, 0.3) is 0 Å². The lowest BCUT2D eigenvalue weighted by Gasteiger charge is -2.45. The first-order valence-corrected chi connectivity index (χ1v) is 3.92. The summed E-state index contributed by atoms with van der Waals surface area (Å²) in [6, 6.07) is 0. The zero-order chi connectivity index (χ0) is 14.5. The van der Waals surface area contributed by atoms with Crippen LogP contribution in [-0.4, -0.2) is 29.2 Å². The summed E-state index contributed by atoms with van der Waals surface area (Å²) in [5.41, 5.74) is -10.3. The van der Waals surface area contributed by atoms with Crippen molar-refractivity contribution < 1.29 is 44.6 Å².